The summed E-state index contributed by atoms with van der Waals surface area (Å²) in [5, 5.41) is 3.02. The summed E-state index contributed by atoms with van der Waals surface area (Å²) < 4.78 is 1.91. The highest BCUT2D eigenvalue weighted by Crippen LogP contribution is 2.25. The number of imidazole rings is 1. The highest BCUT2D eigenvalue weighted by molar-refractivity contribution is 5.95. The van der Waals surface area contributed by atoms with Crippen molar-refractivity contribution < 1.29 is 4.79 Å². The van der Waals surface area contributed by atoms with E-state index in [-0.39, 0.29) is 11.8 Å². The molecule has 1 saturated carbocycles. The Morgan fingerprint density at radius 2 is 2.11 bits per heavy atom. The Labute approximate surface area is 106 Å². The lowest BCUT2D eigenvalue weighted by atomic mass is 9.88. The lowest BCUT2D eigenvalue weighted by Crippen LogP contribution is -2.24. The molecule has 94 valence electrons. The SMILES string of the molecule is O=C(Nc1cccn2ccnc12)C1CCCCC1. The van der Waals surface area contributed by atoms with Gasteiger partial charge in [0.15, 0.2) is 5.65 Å². The number of anilines is 1. The Balaban J connectivity index is 1.79. The molecule has 2 heterocycles. The van der Waals surface area contributed by atoms with Crippen molar-refractivity contribution in [3.63, 3.8) is 0 Å². The largest absolute Gasteiger partial charge is 0.323 e. The van der Waals surface area contributed by atoms with Crippen molar-refractivity contribution in [2.24, 2.45) is 5.92 Å². The lowest BCUT2D eigenvalue weighted by molar-refractivity contribution is -0.120. The summed E-state index contributed by atoms with van der Waals surface area (Å²) in [4.78, 5) is 16.5. The van der Waals surface area contributed by atoms with E-state index >= 15 is 0 Å². The normalized spacial score (nSPS) is 16.9. The number of pyridine rings is 1. The third kappa shape index (κ3) is 2.10. The van der Waals surface area contributed by atoms with Crippen molar-refractivity contribution in [3.8, 4) is 0 Å². The summed E-state index contributed by atoms with van der Waals surface area (Å²) in [5.74, 6) is 0.319. The zero-order valence-corrected chi connectivity index (χ0v) is 10.3. The minimum atomic E-state index is 0.144. The molecule has 2 aromatic rings. The Kier molecular flexibility index (Phi) is 3.00. The maximum atomic E-state index is 12.2. The minimum Gasteiger partial charge on any atom is -0.323 e. The van der Waals surface area contributed by atoms with Crippen LogP contribution in [0.2, 0.25) is 0 Å². The Morgan fingerprint density at radius 1 is 1.28 bits per heavy atom. The van der Waals surface area contributed by atoms with Gasteiger partial charge in [0.1, 0.15) is 0 Å². The molecule has 1 amide bonds. The molecule has 4 nitrogen and oxygen atoms in total. The van der Waals surface area contributed by atoms with Crippen LogP contribution < -0.4 is 5.32 Å². The Hall–Kier alpha value is -1.84. The number of hydrogen-bond acceptors (Lipinski definition) is 2. The van der Waals surface area contributed by atoms with Gasteiger partial charge in [-0.1, -0.05) is 19.3 Å². The van der Waals surface area contributed by atoms with Gasteiger partial charge < -0.3 is 9.72 Å². The predicted octanol–water partition coefficient (Wildman–Crippen LogP) is 2.85. The van der Waals surface area contributed by atoms with E-state index in [0.29, 0.717) is 0 Å². The standard InChI is InChI=1S/C14H17N3O/c18-14(11-5-2-1-3-6-11)16-12-7-4-9-17-10-8-15-13(12)17/h4,7-11H,1-3,5-6H2,(H,16,18). The summed E-state index contributed by atoms with van der Waals surface area (Å²) in [7, 11) is 0. The number of rotatable bonds is 2. The summed E-state index contributed by atoms with van der Waals surface area (Å²) in [6.45, 7) is 0. The highest BCUT2D eigenvalue weighted by Gasteiger charge is 2.21. The second kappa shape index (κ2) is 4.80. The van der Waals surface area contributed by atoms with Gasteiger partial charge in [-0.25, -0.2) is 4.98 Å². The van der Waals surface area contributed by atoms with Crippen LogP contribution in [0.5, 0.6) is 0 Å². The number of fused-ring (bicyclic) bond motifs is 1. The fourth-order valence-corrected chi connectivity index (χ4v) is 2.65. The number of carbonyl (C=O) groups excluding carboxylic acids is 1. The quantitative estimate of drug-likeness (QED) is 0.881. The molecule has 0 unspecified atom stereocenters. The molecule has 18 heavy (non-hydrogen) atoms. The van der Waals surface area contributed by atoms with Gasteiger partial charge >= 0.3 is 0 Å². The number of carbonyl (C=O) groups is 1. The number of amides is 1. The first-order valence-corrected chi connectivity index (χ1v) is 6.57. The van der Waals surface area contributed by atoms with Crippen LogP contribution in [0.25, 0.3) is 5.65 Å². The average Bonchev–Trinajstić information content (AvgIpc) is 2.89. The zero-order valence-electron chi connectivity index (χ0n) is 10.3. The van der Waals surface area contributed by atoms with Crippen LogP contribution in [0.15, 0.2) is 30.7 Å². The number of hydrogen-bond donors (Lipinski definition) is 1. The van der Waals surface area contributed by atoms with Crippen molar-refractivity contribution in [2.45, 2.75) is 32.1 Å². The van der Waals surface area contributed by atoms with Gasteiger partial charge in [0.25, 0.3) is 0 Å². The van der Waals surface area contributed by atoms with E-state index in [9.17, 15) is 4.79 Å². The van der Waals surface area contributed by atoms with E-state index in [0.717, 1.165) is 24.2 Å². The maximum absolute atomic E-state index is 12.2. The fourth-order valence-electron chi connectivity index (χ4n) is 2.65. The molecule has 4 heteroatoms. The van der Waals surface area contributed by atoms with Gasteiger partial charge in [-0.2, -0.15) is 0 Å². The van der Waals surface area contributed by atoms with Crippen LogP contribution in [0.4, 0.5) is 5.69 Å². The van der Waals surface area contributed by atoms with Crippen LogP contribution in [-0.4, -0.2) is 15.3 Å². The van der Waals surface area contributed by atoms with Gasteiger partial charge in [0.2, 0.25) is 5.91 Å². The second-order valence-corrected chi connectivity index (χ2v) is 4.90. The molecule has 0 atom stereocenters. The van der Waals surface area contributed by atoms with Crippen LogP contribution in [0, 0.1) is 5.92 Å². The molecule has 1 N–H and O–H groups in total. The van der Waals surface area contributed by atoms with E-state index in [1.54, 1.807) is 6.20 Å². The molecule has 1 fully saturated rings. The molecule has 3 rings (SSSR count). The smallest absolute Gasteiger partial charge is 0.227 e. The van der Waals surface area contributed by atoms with Crippen molar-refractivity contribution in [1.82, 2.24) is 9.38 Å². The topological polar surface area (TPSA) is 46.4 Å². The van der Waals surface area contributed by atoms with E-state index in [1.807, 2.05) is 28.9 Å². The Morgan fingerprint density at radius 3 is 2.94 bits per heavy atom. The van der Waals surface area contributed by atoms with Crippen LogP contribution in [-0.2, 0) is 4.79 Å². The number of nitrogens with zero attached hydrogens (tertiary/aromatic N) is 2. The fraction of sp³-hybridized carbons (Fsp3) is 0.429. The summed E-state index contributed by atoms with van der Waals surface area (Å²) in [6, 6.07) is 3.83. The Bertz CT molecular complexity index is 555. The van der Waals surface area contributed by atoms with Crippen molar-refractivity contribution in [3.05, 3.63) is 30.7 Å². The molecule has 1 aliphatic rings. The molecule has 0 saturated heterocycles. The van der Waals surface area contributed by atoms with E-state index in [2.05, 4.69) is 10.3 Å². The molecule has 0 aliphatic heterocycles. The zero-order chi connectivity index (χ0) is 12.4. The average molecular weight is 243 g/mol. The van der Waals surface area contributed by atoms with Crippen molar-refractivity contribution >= 4 is 17.2 Å². The highest BCUT2D eigenvalue weighted by atomic mass is 16.1. The van der Waals surface area contributed by atoms with Gasteiger partial charge in [-0.3, -0.25) is 4.79 Å². The minimum absolute atomic E-state index is 0.144. The molecule has 0 radical (unpaired) electrons. The summed E-state index contributed by atoms with van der Waals surface area (Å²) in [6.07, 6.45) is 11.2. The number of nitrogens with one attached hydrogen (secondary N) is 1. The van der Waals surface area contributed by atoms with Gasteiger partial charge in [-0.15, -0.1) is 0 Å². The van der Waals surface area contributed by atoms with Gasteiger partial charge in [-0.05, 0) is 25.0 Å². The summed E-state index contributed by atoms with van der Waals surface area (Å²) >= 11 is 0. The molecule has 1 aliphatic carbocycles. The van der Waals surface area contributed by atoms with Gasteiger partial charge in [0.05, 0.1) is 5.69 Å². The predicted molar refractivity (Wildman–Crippen MR) is 70.4 cm³/mol. The first-order chi connectivity index (χ1) is 8.84. The van der Waals surface area contributed by atoms with Crippen LogP contribution in [0.3, 0.4) is 0 Å². The van der Waals surface area contributed by atoms with E-state index < -0.39 is 0 Å². The molecule has 0 bridgehead atoms. The third-order valence-corrected chi connectivity index (χ3v) is 3.65. The van der Waals surface area contributed by atoms with Gasteiger partial charge in [0, 0.05) is 24.5 Å². The summed E-state index contributed by atoms with van der Waals surface area (Å²) in [5.41, 5.74) is 1.61. The van der Waals surface area contributed by atoms with Crippen LogP contribution >= 0.6 is 0 Å². The lowest BCUT2D eigenvalue weighted by Gasteiger charge is -2.20. The number of aromatic nitrogens is 2. The first-order valence-electron chi connectivity index (χ1n) is 6.57. The molecular formula is C14H17N3O. The van der Waals surface area contributed by atoms with Crippen LogP contribution in [0.1, 0.15) is 32.1 Å². The monoisotopic (exact) mass is 243 g/mol. The van der Waals surface area contributed by atoms with E-state index in [4.69, 9.17) is 0 Å². The maximum Gasteiger partial charge on any atom is 0.227 e. The molecule has 2 aromatic heterocycles. The second-order valence-electron chi connectivity index (χ2n) is 4.90. The third-order valence-electron chi connectivity index (χ3n) is 3.65. The molecular weight excluding hydrogens is 226 g/mol. The van der Waals surface area contributed by atoms with E-state index in [1.165, 1.54) is 19.3 Å². The first kappa shape index (κ1) is 11.3. The molecule has 0 aromatic carbocycles. The molecule has 0 spiro atoms. The van der Waals surface area contributed by atoms with Crippen molar-refractivity contribution in [1.29, 1.82) is 0 Å². The van der Waals surface area contributed by atoms with Crippen molar-refractivity contribution in [2.75, 3.05) is 5.32 Å².